The molecule has 0 saturated heterocycles. The summed E-state index contributed by atoms with van der Waals surface area (Å²) in [5, 5.41) is 13.1. The largest absolute Gasteiger partial charge is 0.376 e. The third-order valence-corrected chi connectivity index (χ3v) is 9.07. The molecule has 4 nitrogen and oxygen atoms in total. The third-order valence-electron chi connectivity index (χ3n) is 8.58. The van der Waals surface area contributed by atoms with Gasteiger partial charge in [-0.2, -0.15) is 0 Å². The van der Waals surface area contributed by atoms with Crippen molar-refractivity contribution in [1.82, 2.24) is 9.97 Å². The summed E-state index contributed by atoms with van der Waals surface area (Å²) in [5.41, 5.74) is 8.25. The predicted molar refractivity (Wildman–Crippen MR) is 189 cm³/mol. The van der Waals surface area contributed by atoms with E-state index in [1.807, 2.05) is 115 Å². The van der Waals surface area contributed by atoms with Gasteiger partial charge in [-0.15, -0.1) is 0 Å². The van der Waals surface area contributed by atoms with Crippen LogP contribution in [0.2, 0.25) is 0 Å². The van der Waals surface area contributed by atoms with Crippen molar-refractivity contribution < 1.29 is 5.11 Å². The molecule has 1 atom stereocenters. The Hall–Kier alpha value is -5.36. The molecule has 1 aromatic heterocycles. The number of hydrogen-bond donors (Lipinski definition) is 1. The molecule has 0 amide bonds. The lowest BCUT2D eigenvalue weighted by molar-refractivity contribution is 0.131. The van der Waals surface area contributed by atoms with Gasteiger partial charge in [0.25, 0.3) is 0 Å². The van der Waals surface area contributed by atoms with E-state index in [0.717, 1.165) is 66.2 Å². The Bertz CT molecular complexity index is 2130. The number of anilines is 3. The highest BCUT2D eigenvalue weighted by Gasteiger charge is 2.45. The summed E-state index contributed by atoms with van der Waals surface area (Å²) >= 11 is 3.67. The van der Waals surface area contributed by atoms with Gasteiger partial charge in [-0.05, 0) is 47.5 Å². The van der Waals surface area contributed by atoms with E-state index in [2.05, 4.69) is 69.4 Å². The van der Waals surface area contributed by atoms with Crippen molar-refractivity contribution in [1.29, 1.82) is 0 Å². The number of fused-ring (bicyclic) bond motifs is 3. The average molecular weight is 659 g/mol. The number of rotatable bonds is 6. The van der Waals surface area contributed by atoms with Gasteiger partial charge < -0.3 is 5.11 Å². The zero-order valence-corrected chi connectivity index (χ0v) is 26.3. The van der Waals surface area contributed by atoms with Crippen LogP contribution in [0.1, 0.15) is 16.7 Å². The number of aliphatic hydroxyl groups is 1. The molecule has 0 radical (unpaired) electrons. The first-order chi connectivity index (χ1) is 22.6. The van der Waals surface area contributed by atoms with E-state index in [9.17, 15) is 5.11 Å². The maximum absolute atomic E-state index is 13.1. The highest BCUT2D eigenvalue weighted by atomic mass is 79.9. The van der Waals surface area contributed by atoms with Crippen molar-refractivity contribution in [2.75, 3.05) is 4.90 Å². The molecular formula is C41H28BrN3O. The minimum Gasteiger partial charge on any atom is -0.376 e. The van der Waals surface area contributed by atoms with Crippen molar-refractivity contribution in [3.63, 3.8) is 0 Å². The maximum Gasteiger partial charge on any atom is 0.235 e. The van der Waals surface area contributed by atoms with Crippen molar-refractivity contribution in [2.24, 2.45) is 0 Å². The Morgan fingerprint density at radius 3 is 1.67 bits per heavy atom. The second-order valence-electron chi connectivity index (χ2n) is 11.3. The lowest BCUT2D eigenvalue weighted by Crippen LogP contribution is -2.29. The molecule has 0 aliphatic heterocycles. The molecule has 1 unspecified atom stereocenters. The first-order valence-corrected chi connectivity index (χ1v) is 16.0. The number of hydrogen-bond acceptors (Lipinski definition) is 4. The Balaban J connectivity index is 1.41. The van der Waals surface area contributed by atoms with E-state index in [0.29, 0.717) is 5.95 Å². The third kappa shape index (κ3) is 4.72. The van der Waals surface area contributed by atoms with Crippen molar-refractivity contribution in [3.8, 4) is 33.6 Å². The van der Waals surface area contributed by atoms with E-state index < -0.39 is 5.60 Å². The Morgan fingerprint density at radius 1 is 0.500 bits per heavy atom. The highest BCUT2D eigenvalue weighted by Crippen LogP contribution is 2.54. The fourth-order valence-electron chi connectivity index (χ4n) is 6.48. The molecule has 0 spiro atoms. The Kier molecular flexibility index (Phi) is 7.05. The van der Waals surface area contributed by atoms with Crippen LogP contribution in [0, 0.1) is 0 Å². The molecule has 0 bridgehead atoms. The smallest absolute Gasteiger partial charge is 0.235 e. The van der Waals surface area contributed by atoms with Gasteiger partial charge in [0.15, 0.2) is 0 Å². The average Bonchev–Trinajstić information content (AvgIpc) is 3.37. The molecule has 1 aliphatic carbocycles. The molecule has 46 heavy (non-hydrogen) atoms. The van der Waals surface area contributed by atoms with E-state index in [1.54, 1.807) is 0 Å². The van der Waals surface area contributed by atoms with Crippen LogP contribution in [0.25, 0.3) is 33.6 Å². The summed E-state index contributed by atoms with van der Waals surface area (Å²) in [6, 6.07) is 54.8. The number of para-hydroxylation sites is 2. The summed E-state index contributed by atoms with van der Waals surface area (Å²) in [5.74, 6) is 0.503. The van der Waals surface area contributed by atoms with E-state index in [1.165, 1.54) is 0 Å². The van der Waals surface area contributed by atoms with Crippen molar-refractivity contribution in [3.05, 3.63) is 185 Å². The van der Waals surface area contributed by atoms with Gasteiger partial charge in [-0.25, -0.2) is 9.97 Å². The first-order valence-electron chi connectivity index (χ1n) is 15.2. The van der Waals surface area contributed by atoms with Crippen LogP contribution in [-0.2, 0) is 5.60 Å². The minimum absolute atomic E-state index is 0.503. The molecule has 8 rings (SSSR count). The predicted octanol–water partition coefficient (Wildman–Crippen LogP) is 10.3. The standard InChI is InChI=1S/C41H28BrN3O/c42-30-24-25-33-32-20-10-11-21-34(32)41(46,36(33)26-30)35-22-12-13-23-39(35)45(31-18-8-3-9-19-31)40-43-37(28-14-4-1-5-15-28)27-38(44-40)29-16-6-2-7-17-29/h1-27,46H. The lowest BCUT2D eigenvalue weighted by atomic mass is 9.83. The zero-order valence-electron chi connectivity index (χ0n) is 24.8. The molecule has 5 heteroatoms. The second kappa shape index (κ2) is 11.5. The second-order valence-corrected chi connectivity index (χ2v) is 12.2. The van der Waals surface area contributed by atoms with E-state index in [-0.39, 0.29) is 0 Å². The molecule has 6 aromatic carbocycles. The van der Waals surface area contributed by atoms with Gasteiger partial charge >= 0.3 is 0 Å². The van der Waals surface area contributed by atoms with Gasteiger partial charge in [-0.1, -0.05) is 143 Å². The SMILES string of the molecule is OC1(c2ccccc2N(c2ccccc2)c2nc(-c3ccccc3)cc(-c3ccccc3)n2)c2ccccc2-c2ccc(Br)cc21. The quantitative estimate of drug-likeness (QED) is 0.193. The van der Waals surface area contributed by atoms with Gasteiger partial charge in [-0.3, -0.25) is 4.90 Å². The number of nitrogens with zero attached hydrogens (tertiary/aromatic N) is 3. The lowest BCUT2D eigenvalue weighted by Gasteiger charge is -2.33. The Labute approximate surface area is 276 Å². The van der Waals surface area contributed by atoms with E-state index >= 15 is 0 Å². The van der Waals surface area contributed by atoms with Crippen LogP contribution >= 0.6 is 15.9 Å². The normalized spacial score (nSPS) is 14.8. The van der Waals surface area contributed by atoms with Crippen LogP contribution in [0.15, 0.2) is 168 Å². The molecule has 0 saturated carbocycles. The van der Waals surface area contributed by atoms with Crippen molar-refractivity contribution >= 4 is 33.3 Å². The molecule has 1 N–H and O–H groups in total. The van der Waals surface area contributed by atoms with Crippen LogP contribution in [-0.4, -0.2) is 15.1 Å². The fourth-order valence-corrected chi connectivity index (χ4v) is 6.84. The number of benzene rings is 6. The summed E-state index contributed by atoms with van der Waals surface area (Å²) < 4.78 is 0.904. The Morgan fingerprint density at radius 2 is 1.02 bits per heavy atom. The summed E-state index contributed by atoms with van der Waals surface area (Å²) in [7, 11) is 0. The molecular weight excluding hydrogens is 630 g/mol. The zero-order chi connectivity index (χ0) is 31.1. The molecule has 0 fully saturated rings. The molecule has 1 aliphatic rings. The van der Waals surface area contributed by atoms with E-state index in [4.69, 9.17) is 9.97 Å². The summed E-state index contributed by atoms with van der Waals surface area (Å²) in [6.45, 7) is 0. The monoisotopic (exact) mass is 657 g/mol. The molecule has 7 aromatic rings. The topological polar surface area (TPSA) is 49.2 Å². The summed E-state index contributed by atoms with van der Waals surface area (Å²) in [4.78, 5) is 12.5. The van der Waals surface area contributed by atoms with Crippen molar-refractivity contribution in [2.45, 2.75) is 5.60 Å². The van der Waals surface area contributed by atoms with Crippen LogP contribution in [0.3, 0.4) is 0 Å². The minimum atomic E-state index is -1.43. The van der Waals surface area contributed by atoms with Crippen LogP contribution in [0.5, 0.6) is 0 Å². The number of halogens is 1. The maximum atomic E-state index is 13.1. The van der Waals surface area contributed by atoms with Gasteiger partial charge in [0.05, 0.1) is 17.1 Å². The van der Waals surface area contributed by atoms with Crippen LogP contribution in [0.4, 0.5) is 17.3 Å². The molecule has 1 heterocycles. The number of aromatic nitrogens is 2. The van der Waals surface area contributed by atoms with Gasteiger partial charge in [0.2, 0.25) is 5.95 Å². The van der Waals surface area contributed by atoms with Crippen LogP contribution < -0.4 is 4.90 Å². The van der Waals surface area contributed by atoms with Gasteiger partial charge in [0.1, 0.15) is 5.60 Å². The summed E-state index contributed by atoms with van der Waals surface area (Å²) in [6.07, 6.45) is 0. The fraction of sp³-hybridized carbons (Fsp3) is 0.0244. The first kappa shape index (κ1) is 28.1. The van der Waals surface area contributed by atoms with Gasteiger partial charge in [0, 0.05) is 38.0 Å². The molecule has 220 valence electrons. The highest BCUT2D eigenvalue weighted by molar-refractivity contribution is 9.10.